The van der Waals surface area contributed by atoms with Crippen LogP contribution < -0.4 is 4.90 Å². The molecule has 1 aliphatic heterocycles. The summed E-state index contributed by atoms with van der Waals surface area (Å²) in [5.74, 6) is 0. The Morgan fingerprint density at radius 3 is 2.39 bits per heavy atom. The predicted molar refractivity (Wildman–Crippen MR) is 130 cm³/mol. The van der Waals surface area contributed by atoms with Crippen LogP contribution >= 0.6 is 34.8 Å². The van der Waals surface area contributed by atoms with Gasteiger partial charge in [0.15, 0.2) is 0 Å². The first kappa shape index (κ1) is 21.1. The number of anilines is 1. The second-order valence-corrected chi connectivity index (χ2v) is 9.68. The van der Waals surface area contributed by atoms with E-state index >= 15 is 0 Å². The van der Waals surface area contributed by atoms with E-state index in [-0.39, 0.29) is 0 Å². The van der Waals surface area contributed by atoms with Crippen LogP contribution in [-0.2, 0) is 0 Å². The second kappa shape index (κ2) is 9.03. The molecule has 2 aromatic carbocycles. The summed E-state index contributed by atoms with van der Waals surface area (Å²) in [6.07, 6.45) is 5.67. The monoisotopic (exact) mass is 474 g/mol. The van der Waals surface area contributed by atoms with E-state index in [0.717, 1.165) is 54.6 Å². The standard InChI is InChI=1S/C24H25Cl3N4/c25-18-3-1-2-17(14-18)24-8-9-31(28-24)21-5-4-19(15-21)29-10-12-30(13-11-29)20-6-7-22(26)23(27)16-20/h1-3,6-9,14,16,19,21H,4-5,10-13,15H2/t19-,21-/m0/s1. The molecule has 4 nitrogen and oxygen atoms in total. The number of aromatic nitrogens is 2. The fourth-order valence-electron chi connectivity index (χ4n) is 4.88. The summed E-state index contributed by atoms with van der Waals surface area (Å²) in [6, 6.07) is 17.0. The summed E-state index contributed by atoms with van der Waals surface area (Å²) in [7, 11) is 0. The highest BCUT2D eigenvalue weighted by Crippen LogP contribution is 2.35. The highest BCUT2D eigenvalue weighted by molar-refractivity contribution is 6.42. The third-order valence-corrected chi connectivity index (χ3v) is 7.55. The lowest BCUT2D eigenvalue weighted by Crippen LogP contribution is -2.49. The Morgan fingerprint density at radius 2 is 1.61 bits per heavy atom. The van der Waals surface area contributed by atoms with Crippen LogP contribution in [0.5, 0.6) is 0 Å². The van der Waals surface area contributed by atoms with E-state index in [2.05, 4.69) is 38.9 Å². The molecule has 0 radical (unpaired) electrons. The largest absolute Gasteiger partial charge is 0.369 e. The van der Waals surface area contributed by atoms with Crippen molar-refractivity contribution < 1.29 is 0 Å². The van der Waals surface area contributed by atoms with Crippen molar-refractivity contribution in [3.8, 4) is 11.3 Å². The molecule has 0 unspecified atom stereocenters. The lowest BCUT2D eigenvalue weighted by atomic mass is 10.1. The number of nitrogens with zero attached hydrogens (tertiary/aromatic N) is 4. The summed E-state index contributed by atoms with van der Waals surface area (Å²) in [4.78, 5) is 5.05. The average molecular weight is 476 g/mol. The van der Waals surface area contributed by atoms with Crippen LogP contribution in [0.2, 0.25) is 15.1 Å². The minimum Gasteiger partial charge on any atom is -0.369 e. The van der Waals surface area contributed by atoms with Gasteiger partial charge in [-0.15, -0.1) is 0 Å². The number of benzene rings is 2. The lowest BCUT2D eigenvalue weighted by molar-refractivity contribution is 0.183. The molecule has 1 saturated carbocycles. The van der Waals surface area contributed by atoms with Crippen molar-refractivity contribution >= 4 is 40.5 Å². The maximum atomic E-state index is 6.20. The second-order valence-electron chi connectivity index (χ2n) is 8.43. The fraction of sp³-hybridized carbons (Fsp3) is 0.375. The van der Waals surface area contributed by atoms with Gasteiger partial charge in [0.1, 0.15) is 0 Å². The number of piperazine rings is 1. The minimum absolute atomic E-state index is 0.464. The van der Waals surface area contributed by atoms with Crippen molar-refractivity contribution in [1.82, 2.24) is 14.7 Å². The molecule has 162 valence electrons. The summed E-state index contributed by atoms with van der Waals surface area (Å²) < 4.78 is 2.15. The quantitative estimate of drug-likeness (QED) is 0.435. The van der Waals surface area contributed by atoms with E-state index < -0.39 is 0 Å². The fourth-order valence-corrected chi connectivity index (χ4v) is 5.36. The number of rotatable bonds is 4. The van der Waals surface area contributed by atoms with Gasteiger partial charge in [0.25, 0.3) is 0 Å². The first-order valence-electron chi connectivity index (χ1n) is 10.8. The lowest BCUT2D eigenvalue weighted by Gasteiger charge is -2.39. The molecule has 1 aliphatic carbocycles. The van der Waals surface area contributed by atoms with Gasteiger partial charge in [-0.3, -0.25) is 9.58 Å². The molecule has 0 spiro atoms. The van der Waals surface area contributed by atoms with Gasteiger partial charge in [-0.1, -0.05) is 46.9 Å². The van der Waals surface area contributed by atoms with Crippen LogP contribution in [0, 0.1) is 0 Å². The molecule has 2 heterocycles. The van der Waals surface area contributed by atoms with E-state index in [1.165, 1.54) is 12.8 Å². The molecule has 1 aromatic heterocycles. The number of hydrogen-bond donors (Lipinski definition) is 0. The molecule has 7 heteroatoms. The first-order valence-corrected chi connectivity index (χ1v) is 12.0. The van der Waals surface area contributed by atoms with E-state index in [1.807, 2.05) is 30.3 Å². The van der Waals surface area contributed by atoms with E-state index in [0.29, 0.717) is 22.1 Å². The Kier molecular flexibility index (Phi) is 6.16. The van der Waals surface area contributed by atoms with Crippen molar-refractivity contribution in [2.45, 2.75) is 31.3 Å². The highest BCUT2D eigenvalue weighted by atomic mass is 35.5. The summed E-state index contributed by atoms with van der Waals surface area (Å²) in [5, 5.41) is 6.83. The number of halogens is 3. The van der Waals surface area contributed by atoms with Crippen LogP contribution in [0.1, 0.15) is 25.3 Å². The van der Waals surface area contributed by atoms with Gasteiger partial charge in [-0.05, 0) is 55.7 Å². The molecular weight excluding hydrogens is 451 g/mol. The van der Waals surface area contributed by atoms with E-state index in [9.17, 15) is 0 Å². The van der Waals surface area contributed by atoms with E-state index in [4.69, 9.17) is 39.9 Å². The zero-order valence-electron chi connectivity index (χ0n) is 17.2. The molecule has 3 aromatic rings. The molecular formula is C24H25Cl3N4. The first-order chi connectivity index (χ1) is 15.1. The average Bonchev–Trinajstić information content (AvgIpc) is 3.46. The van der Waals surface area contributed by atoms with Gasteiger partial charge < -0.3 is 4.90 Å². The Hall–Kier alpha value is -1.72. The van der Waals surface area contributed by atoms with Crippen LogP contribution in [0.4, 0.5) is 5.69 Å². The molecule has 2 atom stereocenters. The molecule has 31 heavy (non-hydrogen) atoms. The van der Waals surface area contributed by atoms with Crippen LogP contribution in [0.3, 0.4) is 0 Å². The molecule has 0 amide bonds. The molecule has 1 saturated heterocycles. The van der Waals surface area contributed by atoms with Crippen LogP contribution in [-0.4, -0.2) is 46.9 Å². The zero-order chi connectivity index (χ0) is 21.4. The zero-order valence-corrected chi connectivity index (χ0v) is 19.5. The van der Waals surface area contributed by atoms with E-state index in [1.54, 1.807) is 0 Å². The van der Waals surface area contributed by atoms with Gasteiger partial charge in [0.05, 0.1) is 21.8 Å². The summed E-state index contributed by atoms with van der Waals surface area (Å²) >= 11 is 18.4. The number of hydrogen-bond acceptors (Lipinski definition) is 3. The van der Waals surface area contributed by atoms with Gasteiger partial charge in [0.2, 0.25) is 0 Å². The molecule has 0 bridgehead atoms. The third kappa shape index (κ3) is 4.58. The third-order valence-electron chi connectivity index (χ3n) is 6.58. The van der Waals surface area contributed by atoms with Crippen molar-refractivity contribution in [3.05, 3.63) is 69.8 Å². The van der Waals surface area contributed by atoms with Crippen LogP contribution in [0.15, 0.2) is 54.7 Å². The van der Waals surface area contributed by atoms with Crippen LogP contribution in [0.25, 0.3) is 11.3 Å². The Morgan fingerprint density at radius 1 is 0.806 bits per heavy atom. The van der Waals surface area contributed by atoms with Crippen molar-refractivity contribution in [1.29, 1.82) is 0 Å². The Bertz CT molecular complexity index is 1060. The van der Waals surface area contributed by atoms with Gasteiger partial charge in [0, 0.05) is 54.7 Å². The maximum Gasteiger partial charge on any atom is 0.0923 e. The normalized spacial score (nSPS) is 22.2. The Balaban J connectivity index is 1.18. The van der Waals surface area contributed by atoms with Gasteiger partial charge in [-0.25, -0.2) is 0 Å². The van der Waals surface area contributed by atoms with Crippen molar-refractivity contribution in [2.75, 3.05) is 31.1 Å². The minimum atomic E-state index is 0.464. The maximum absolute atomic E-state index is 6.20. The molecule has 5 rings (SSSR count). The van der Waals surface area contributed by atoms with Gasteiger partial charge >= 0.3 is 0 Å². The molecule has 2 aliphatic rings. The predicted octanol–water partition coefficient (Wildman–Crippen LogP) is 6.43. The topological polar surface area (TPSA) is 24.3 Å². The van der Waals surface area contributed by atoms with Crippen molar-refractivity contribution in [3.63, 3.8) is 0 Å². The Labute approximate surface area is 198 Å². The van der Waals surface area contributed by atoms with Gasteiger partial charge in [-0.2, -0.15) is 5.10 Å². The molecule has 2 fully saturated rings. The smallest absolute Gasteiger partial charge is 0.0923 e. The molecule has 0 N–H and O–H groups in total. The summed E-state index contributed by atoms with van der Waals surface area (Å²) in [5.41, 5.74) is 3.21. The van der Waals surface area contributed by atoms with Crippen molar-refractivity contribution in [2.24, 2.45) is 0 Å². The highest BCUT2D eigenvalue weighted by Gasteiger charge is 2.32. The SMILES string of the molecule is Clc1cccc(-c2ccn([C@H]3CC[C@H](N4CCN(c5ccc(Cl)c(Cl)c5)CC4)C3)n2)c1. The summed E-state index contributed by atoms with van der Waals surface area (Å²) in [6.45, 7) is 4.18.